The van der Waals surface area contributed by atoms with E-state index in [1.807, 2.05) is 0 Å². The van der Waals surface area contributed by atoms with Crippen molar-refractivity contribution < 1.29 is 4.74 Å². The standard InChI is InChI=1S/C9H12N2O/c1-2-10-8-5-7-6-12-4-3-11(7)9(1)8/h5,10H,1-4,6H2. The minimum absolute atomic E-state index is 0.786. The van der Waals surface area contributed by atoms with Gasteiger partial charge in [0, 0.05) is 30.9 Å². The van der Waals surface area contributed by atoms with E-state index in [-0.39, 0.29) is 0 Å². The molecule has 0 unspecified atom stereocenters. The number of nitrogens with one attached hydrogen (secondary N) is 1. The average Bonchev–Trinajstić information content (AvgIpc) is 2.62. The first-order valence-corrected chi connectivity index (χ1v) is 4.48. The first kappa shape index (κ1) is 6.54. The number of hydrogen-bond acceptors (Lipinski definition) is 2. The number of anilines is 1. The van der Waals surface area contributed by atoms with Gasteiger partial charge in [-0.15, -0.1) is 0 Å². The second-order valence-corrected chi connectivity index (χ2v) is 3.38. The fraction of sp³-hybridized carbons (Fsp3) is 0.556. The molecule has 0 aliphatic carbocycles. The van der Waals surface area contributed by atoms with Gasteiger partial charge in [0.1, 0.15) is 0 Å². The molecule has 1 aromatic rings. The smallest absolute Gasteiger partial charge is 0.0869 e. The van der Waals surface area contributed by atoms with Crippen LogP contribution >= 0.6 is 0 Å². The Balaban J connectivity index is 2.14. The van der Waals surface area contributed by atoms with Crippen molar-refractivity contribution in [2.24, 2.45) is 0 Å². The van der Waals surface area contributed by atoms with E-state index in [1.54, 1.807) is 0 Å². The Bertz CT molecular complexity index is 317. The summed E-state index contributed by atoms with van der Waals surface area (Å²) < 4.78 is 7.79. The van der Waals surface area contributed by atoms with Crippen LogP contribution in [0.3, 0.4) is 0 Å². The van der Waals surface area contributed by atoms with Crippen LogP contribution in [0.2, 0.25) is 0 Å². The van der Waals surface area contributed by atoms with Crippen molar-refractivity contribution in [3.63, 3.8) is 0 Å². The molecule has 2 aliphatic heterocycles. The summed E-state index contributed by atoms with van der Waals surface area (Å²) in [6, 6.07) is 2.22. The average molecular weight is 164 g/mol. The quantitative estimate of drug-likeness (QED) is 0.618. The normalized spacial score (nSPS) is 20.0. The van der Waals surface area contributed by atoms with Gasteiger partial charge in [-0.1, -0.05) is 0 Å². The van der Waals surface area contributed by atoms with Crippen LogP contribution in [-0.4, -0.2) is 17.7 Å². The molecule has 0 atom stereocenters. The number of fused-ring (bicyclic) bond motifs is 3. The zero-order chi connectivity index (χ0) is 7.97. The van der Waals surface area contributed by atoms with Crippen molar-refractivity contribution in [3.8, 4) is 0 Å². The Labute approximate surface area is 71.3 Å². The molecule has 0 fully saturated rings. The predicted molar refractivity (Wildman–Crippen MR) is 46.3 cm³/mol. The second kappa shape index (κ2) is 2.26. The van der Waals surface area contributed by atoms with E-state index < -0.39 is 0 Å². The predicted octanol–water partition coefficient (Wildman–Crippen LogP) is 0.986. The lowest BCUT2D eigenvalue weighted by atomic mass is 10.3. The third kappa shape index (κ3) is 0.743. The van der Waals surface area contributed by atoms with E-state index in [2.05, 4.69) is 16.0 Å². The maximum absolute atomic E-state index is 5.38. The molecule has 0 aromatic carbocycles. The molecule has 1 N–H and O–H groups in total. The molecule has 3 rings (SSSR count). The van der Waals surface area contributed by atoms with Crippen LogP contribution in [0, 0.1) is 0 Å². The monoisotopic (exact) mass is 164 g/mol. The molecular formula is C9H12N2O. The van der Waals surface area contributed by atoms with Crippen molar-refractivity contribution in [1.29, 1.82) is 0 Å². The molecule has 0 bridgehead atoms. The molecule has 0 amide bonds. The molecule has 0 saturated carbocycles. The van der Waals surface area contributed by atoms with Crippen LogP contribution < -0.4 is 5.32 Å². The Kier molecular flexibility index (Phi) is 1.23. The lowest BCUT2D eigenvalue weighted by Gasteiger charge is -2.17. The summed E-state index contributed by atoms with van der Waals surface area (Å²) in [6.45, 7) is 3.79. The van der Waals surface area contributed by atoms with Gasteiger partial charge in [0.2, 0.25) is 0 Å². The second-order valence-electron chi connectivity index (χ2n) is 3.38. The van der Waals surface area contributed by atoms with Crippen LogP contribution in [0.5, 0.6) is 0 Å². The number of ether oxygens (including phenoxy) is 1. The fourth-order valence-electron chi connectivity index (χ4n) is 2.12. The van der Waals surface area contributed by atoms with Crippen molar-refractivity contribution in [1.82, 2.24) is 4.57 Å². The van der Waals surface area contributed by atoms with Gasteiger partial charge in [-0.2, -0.15) is 0 Å². The number of rotatable bonds is 0. The molecular weight excluding hydrogens is 152 g/mol. The zero-order valence-electron chi connectivity index (χ0n) is 6.97. The summed E-state index contributed by atoms with van der Waals surface area (Å²) in [5, 5.41) is 3.38. The minimum Gasteiger partial charge on any atom is -0.383 e. The van der Waals surface area contributed by atoms with E-state index >= 15 is 0 Å². The fourth-order valence-corrected chi connectivity index (χ4v) is 2.12. The van der Waals surface area contributed by atoms with Gasteiger partial charge in [-0.3, -0.25) is 0 Å². The highest BCUT2D eigenvalue weighted by atomic mass is 16.5. The summed E-state index contributed by atoms with van der Waals surface area (Å²) in [5.41, 5.74) is 4.14. The van der Waals surface area contributed by atoms with Gasteiger partial charge in [0.05, 0.1) is 18.9 Å². The van der Waals surface area contributed by atoms with E-state index in [9.17, 15) is 0 Å². The molecule has 3 heterocycles. The highest BCUT2D eigenvalue weighted by molar-refractivity contribution is 5.55. The molecule has 2 aliphatic rings. The Morgan fingerprint density at radius 1 is 1.50 bits per heavy atom. The first-order valence-electron chi connectivity index (χ1n) is 4.48. The third-order valence-corrected chi connectivity index (χ3v) is 2.68. The Morgan fingerprint density at radius 2 is 2.50 bits per heavy atom. The first-order chi connectivity index (χ1) is 5.95. The molecule has 0 saturated heterocycles. The van der Waals surface area contributed by atoms with Gasteiger partial charge in [0.15, 0.2) is 0 Å². The van der Waals surface area contributed by atoms with Gasteiger partial charge in [0.25, 0.3) is 0 Å². The SMILES string of the molecule is c1c2c(n3c1COCC3)CCN2. The largest absolute Gasteiger partial charge is 0.383 e. The summed E-state index contributed by atoms with van der Waals surface area (Å²) in [7, 11) is 0. The topological polar surface area (TPSA) is 26.2 Å². The van der Waals surface area contributed by atoms with Gasteiger partial charge >= 0.3 is 0 Å². The van der Waals surface area contributed by atoms with Gasteiger partial charge in [-0.25, -0.2) is 0 Å². The Morgan fingerprint density at radius 3 is 3.50 bits per heavy atom. The van der Waals surface area contributed by atoms with Crippen LogP contribution in [0.25, 0.3) is 0 Å². The summed E-state index contributed by atoms with van der Waals surface area (Å²) >= 11 is 0. The number of aromatic nitrogens is 1. The lowest BCUT2D eigenvalue weighted by Crippen LogP contribution is -2.17. The van der Waals surface area contributed by atoms with E-state index in [1.165, 1.54) is 23.5 Å². The molecule has 64 valence electrons. The zero-order valence-corrected chi connectivity index (χ0v) is 6.97. The van der Waals surface area contributed by atoms with E-state index in [0.29, 0.717) is 0 Å². The third-order valence-electron chi connectivity index (χ3n) is 2.68. The minimum atomic E-state index is 0.786. The summed E-state index contributed by atoms with van der Waals surface area (Å²) in [4.78, 5) is 0. The highest BCUT2D eigenvalue weighted by Crippen LogP contribution is 2.28. The van der Waals surface area contributed by atoms with Gasteiger partial charge in [-0.05, 0) is 6.07 Å². The van der Waals surface area contributed by atoms with Crippen LogP contribution in [0.1, 0.15) is 11.4 Å². The maximum Gasteiger partial charge on any atom is 0.0869 e. The Hall–Kier alpha value is -0.960. The van der Waals surface area contributed by atoms with Crippen molar-refractivity contribution >= 4 is 5.69 Å². The molecule has 0 spiro atoms. The number of nitrogens with zero attached hydrogens (tertiary/aromatic N) is 1. The van der Waals surface area contributed by atoms with E-state index in [4.69, 9.17) is 4.74 Å². The summed E-state index contributed by atoms with van der Waals surface area (Å²) in [5.74, 6) is 0. The van der Waals surface area contributed by atoms with Crippen LogP contribution in [0.15, 0.2) is 6.07 Å². The lowest BCUT2D eigenvalue weighted by molar-refractivity contribution is 0.0840. The van der Waals surface area contributed by atoms with E-state index in [0.717, 1.165) is 26.3 Å². The molecule has 1 aromatic heterocycles. The highest BCUT2D eigenvalue weighted by Gasteiger charge is 2.20. The molecule has 0 radical (unpaired) electrons. The molecule has 3 nitrogen and oxygen atoms in total. The molecule has 12 heavy (non-hydrogen) atoms. The van der Waals surface area contributed by atoms with Crippen molar-refractivity contribution in [2.75, 3.05) is 18.5 Å². The van der Waals surface area contributed by atoms with Crippen molar-refractivity contribution in [3.05, 3.63) is 17.5 Å². The molecule has 3 heteroatoms. The van der Waals surface area contributed by atoms with Crippen LogP contribution in [-0.2, 0) is 24.3 Å². The van der Waals surface area contributed by atoms with Gasteiger partial charge < -0.3 is 14.6 Å². The maximum atomic E-state index is 5.38. The van der Waals surface area contributed by atoms with Crippen LogP contribution in [0.4, 0.5) is 5.69 Å². The summed E-state index contributed by atoms with van der Waals surface area (Å²) in [6.07, 6.45) is 1.18. The number of hydrogen-bond donors (Lipinski definition) is 1. The van der Waals surface area contributed by atoms with Crippen molar-refractivity contribution in [2.45, 2.75) is 19.6 Å².